The summed E-state index contributed by atoms with van der Waals surface area (Å²) in [6.07, 6.45) is 4.40. The van der Waals surface area contributed by atoms with Crippen LogP contribution >= 0.6 is 11.3 Å². The van der Waals surface area contributed by atoms with Gasteiger partial charge >= 0.3 is 0 Å². The van der Waals surface area contributed by atoms with Crippen molar-refractivity contribution in [3.05, 3.63) is 94.6 Å². The van der Waals surface area contributed by atoms with Crippen molar-refractivity contribution in [2.45, 2.75) is 13.0 Å². The van der Waals surface area contributed by atoms with Crippen molar-refractivity contribution in [2.24, 2.45) is 0 Å². The standard InChI is InChI=1S/C25H21N3O3S/c29-25(26-12-11-18-14-27-21-5-2-1-4-20(18)21)17-7-9-19(10-8-17)31-15-24-28-22(16-32-24)23-6-3-13-30-23/h1-10,13-14,16,27H,11-12,15H2,(H,26,29). The molecule has 0 aliphatic heterocycles. The summed E-state index contributed by atoms with van der Waals surface area (Å²) in [4.78, 5) is 20.2. The number of nitrogens with zero attached hydrogens (tertiary/aromatic N) is 1. The summed E-state index contributed by atoms with van der Waals surface area (Å²) < 4.78 is 11.2. The van der Waals surface area contributed by atoms with Crippen molar-refractivity contribution in [3.8, 4) is 17.2 Å². The molecule has 32 heavy (non-hydrogen) atoms. The van der Waals surface area contributed by atoms with Crippen LogP contribution in [0.1, 0.15) is 20.9 Å². The maximum absolute atomic E-state index is 12.5. The van der Waals surface area contributed by atoms with E-state index in [0.29, 0.717) is 24.5 Å². The lowest BCUT2D eigenvalue weighted by molar-refractivity contribution is 0.0954. The minimum absolute atomic E-state index is 0.0978. The van der Waals surface area contributed by atoms with Crippen LogP contribution in [0.3, 0.4) is 0 Å². The number of nitrogens with one attached hydrogen (secondary N) is 2. The largest absolute Gasteiger partial charge is 0.486 e. The lowest BCUT2D eigenvalue weighted by atomic mass is 10.1. The first-order chi connectivity index (χ1) is 15.8. The average Bonchev–Trinajstić information content (AvgIpc) is 3.59. The summed E-state index contributed by atoms with van der Waals surface area (Å²) in [5.74, 6) is 1.34. The number of thiazole rings is 1. The normalized spacial score (nSPS) is 11.0. The van der Waals surface area contributed by atoms with Crippen molar-refractivity contribution in [3.63, 3.8) is 0 Å². The number of aromatic nitrogens is 2. The number of ether oxygens (including phenoxy) is 1. The Morgan fingerprint density at radius 1 is 1.09 bits per heavy atom. The van der Waals surface area contributed by atoms with Gasteiger partial charge in [-0.05, 0) is 54.4 Å². The van der Waals surface area contributed by atoms with E-state index in [4.69, 9.17) is 9.15 Å². The third kappa shape index (κ3) is 4.43. The van der Waals surface area contributed by atoms with Gasteiger partial charge in [0.05, 0.1) is 6.26 Å². The van der Waals surface area contributed by atoms with Gasteiger partial charge < -0.3 is 19.5 Å². The number of hydrogen-bond donors (Lipinski definition) is 2. The van der Waals surface area contributed by atoms with Gasteiger partial charge in [0.1, 0.15) is 23.1 Å². The molecule has 0 radical (unpaired) electrons. The van der Waals surface area contributed by atoms with E-state index in [-0.39, 0.29) is 5.91 Å². The van der Waals surface area contributed by atoms with Gasteiger partial charge in [-0.3, -0.25) is 4.79 Å². The van der Waals surface area contributed by atoms with Crippen LogP contribution in [0.15, 0.2) is 82.9 Å². The molecule has 1 amide bonds. The zero-order chi connectivity index (χ0) is 21.8. The van der Waals surface area contributed by atoms with Crippen LogP contribution in [0.2, 0.25) is 0 Å². The van der Waals surface area contributed by atoms with E-state index in [1.807, 2.05) is 41.9 Å². The first kappa shape index (κ1) is 20.1. The fourth-order valence-electron chi connectivity index (χ4n) is 3.51. The first-order valence-electron chi connectivity index (χ1n) is 10.3. The molecular formula is C25H21N3O3S. The van der Waals surface area contributed by atoms with E-state index < -0.39 is 0 Å². The maximum Gasteiger partial charge on any atom is 0.251 e. The number of para-hydroxylation sites is 1. The SMILES string of the molecule is O=C(NCCc1c[nH]c2ccccc12)c1ccc(OCc2nc(-c3ccco3)cs2)cc1. The number of amides is 1. The Morgan fingerprint density at radius 3 is 2.81 bits per heavy atom. The summed E-state index contributed by atoms with van der Waals surface area (Å²) in [5.41, 5.74) is 3.71. The number of rotatable bonds is 8. The highest BCUT2D eigenvalue weighted by molar-refractivity contribution is 7.09. The van der Waals surface area contributed by atoms with Gasteiger partial charge in [0, 0.05) is 34.6 Å². The van der Waals surface area contributed by atoms with Crippen LogP contribution < -0.4 is 10.1 Å². The first-order valence-corrected chi connectivity index (χ1v) is 11.2. The molecule has 0 aliphatic carbocycles. The Labute approximate surface area is 188 Å². The molecule has 2 N–H and O–H groups in total. The minimum Gasteiger partial charge on any atom is -0.486 e. The van der Waals surface area contributed by atoms with Crippen molar-refractivity contribution >= 4 is 28.1 Å². The number of hydrogen-bond acceptors (Lipinski definition) is 5. The lowest BCUT2D eigenvalue weighted by Crippen LogP contribution is -2.25. The van der Waals surface area contributed by atoms with Crippen molar-refractivity contribution < 1.29 is 13.9 Å². The molecule has 0 unspecified atom stereocenters. The maximum atomic E-state index is 12.5. The summed E-state index contributed by atoms with van der Waals surface area (Å²) >= 11 is 1.52. The molecule has 0 saturated heterocycles. The van der Waals surface area contributed by atoms with E-state index in [2.05, 4.69) is 21.4 Å². The zero-order valence-electron chi connectivity index (χ0n) is 17.2. The van der Waals surface area contributed by atoms with E-state index in [1.165, 1.54) is 22.3 Å². The summed E-state index contributed by atoms with van der Waals surface area (Å²) in [7, 11) is 0. The number of carbonyl (C=O) groups excluding carboxylic acids is 1. The molecule has 0 spiro atoms. The number of aromatic amines is 1. The molecule has 0 aliphatic rings. The highest BCUT2D eigenvalue weighted by Crippen LogP contribution is 2.23. The Morgan fingerprint density at radius 2 is 1.97 bits per heavy atom. The van der Waals surface area contributed by atoms with E-state index in [1.54, 1.807) is 30.5 Å². The molecule has 5 aromatic rings. The quantitative estimate of drug-likeness (QED) is 0.335. The second kappa shape index (κ2) is 9.11. The lowest BCUT2D eigenvalue weighted by Gasteiger charge is -2.07. The second-order valence-electron chi connectivity index (χ2n) is 7.28. The molecule has 6 nitrogen and oxygen atoms in total. The van der Waals surface area contributed by atoms with Crippen molar-refractivity contribution in [1.29, 1.82) is 0 Å². The molecule has 3 aromatic heterocycles. The van der Waals surface area contributed by atoms with Crippen LogP contribution in [0.4, 0.5) is 0 Å². The predicted molar refractivity (Wildman–Crippen MR) is 125 cm³/mol. The second-order valence-corrected chi connectivity index (χ2v) is 8.22. The van der Waals surface area contributed by atoms with Gasteiger partial charge in [-0.1, -0.05) is 18.2 Å². The predicted octanol–water partition coefficient (Wildman–Crippen LogP) is 5.44. The van der Waals surface area contributed by atoms with Crippen molar-refractivity contribution in [2.75, 3.05) is 6.54 Å². The number of H-pyrrole nitrogens is 1. The van der Waals surface area contributed by atoms with Crippen LogP contribution in [0.5, 0.6) is 5.75 Å². The Hall–Kier alpha value is -3.84. The number of fused-ring (bicyclic) bond motifs is 1. The number of furan rings is 1. The third-order valence-corrected chi connectivity index (χ3v) is 5.98. The Kier molecular flexibility index (Phi) is 5.72. The molecule has 3 heterocycles. The molecule has 7 heteroatoms. The monoisotopic (exact) mass is 443 g/mol. The van der Waals surface area contributed by atoms with E-state index in [9.17, 15) is 4.79 Å². The fourth-order valence-corrected chi connectivity index (χ4v) is 4.21. The molecule has 160 valence electrons. The Bertz CT molecular complexity index is 1320. The van der Waals surface area contributed by atoms with Crippen molar-refractivity contribution in [1.82, 2.24) is 15.3 Å². The highest BCUT2D eigenvalue weighted by atomic mass is 32.1. The van der Waals surface area contributed by atoms with Gasteiger partial charge in [-0.2, -0.15) is 0 Å². The fraction of sp³-hybridized carbons (Fsp3) is 0.120. The molecule has 0 fully saturated rings. The van der Waals surface area contributed by atoms with Crippen LogP contribution in [0, 0.1) is 0 Å². The third-order valence-electron chi connectivity index (χ3n) is 5.16. The number of benzene rings is 2. The zero-order valence-corrected chi connectivity index (χ0v) is 18.0. The Balaban J connectivity index is 1.12. The summed E-state index contributed by atoms with van der Waals surface area (Å²) in [6, 6.07) is 19.0. The van der Waals surface area contributed by atoms with Crippen LogP contribution in [0.25, 0.3) is 22.4 Å². The molecule has 5 rings (SSSR count). The topological polar surface area (TPSA) is 80.2 Å². The van der Waals surface area contributed by atoms with Gasteiger partial charge in [0.2, 0.25) is 0 Å². The van der Waals surface area contributed by atoms with E-state index in [0.717, 1.165) is 28.4 Å². The van der Waals surface area contributed by atoms with Gasteiger partial charge in [-0.25, -0.2) is 4.98 Å². The average molecular weight is 444 g/mol. The molecule has 0 saturated carbocycles. The molecular weight excluding hydrogens is 422 g/mol. The number of carbonyl (C=O) groups is 1. The van der Waals surface area contributed by atoms with Gasteiger partial charge in [0.15, 0.2) is 5.76 Å². The summed E-state index contributed by atoms with van der Waals surface area (Å²) in [5, 5.41) is 6.98. The molecule has 0 bridgehead atoms. The van der Waals surface area contributed by atoms with E-state index >= 15 is 0 Å². The van der Waals surface area contributed by atoms with Crippen LogP contribution in [-0.4, -0.2) is 22.4 Å². The summed E-state index contributed by atoms with van der Waals surface area (Å²) in [6.45, 7) is 0.933. The van der Waals surface area contributed by atoms with Gasteiger partial charge in [0.25, 0.3) is 5.91 Å². The van der Waals surface area contributed by atoms with Gasteiger partial charge in [-0.15, -0.1) is 11.3 Å². The van der Waals surface area contributed by atoms with Crippen LogP contribution in [-0.2, 0) is 13.0 Å². The highest BCUT2D eigenvalue weighted by Gasteiger charge is 2.09. The molecule has 0 atom stereocenters. The smallest absolute Gasteiger partial charge is 0.251 e. The molecule has 2 aromatic carbocycles. The minimum atomic E-state index is -0.0978.